The highest BCUT2D eigenvalue weighted by atomic mass is 35.5. The Hall–Kier alpha value is -3.98. The number of benzene rings is 2. The summed E-state index contributed by atoms with van der Waals surface area (Å²) in [5.74, 6) is -0.974. The van der Waals surface area contributed by atoms with Gasteiger partial charge >= 0.3 is 0 Å². The SMILES string of the molecule is Cn1cnc2c(Cl)cc(-c3c(-c4ccc(F)cc4)nc(N)c4nc(C(N)=O)cn34)cc21. The number of fused-ring (bicyclic) bond motifs is 2. The second-order valence-electron chi connectivity index (χ2n) is 7.07. The van der Waals surface area contributed by atoms with Crippen molar-refractivity contribution in [1.82, 2.24) is 23.9 Å². The van der Waals surface area contributed by atoms with E-state index in [2.05, 4.69) is 15.0 Å². The molecular weight excluding hydrogens is 421 g/mol. The highest BCUT2D eigenvalue weighted by molar-refractivity contribution is 6.35. The Labute approximate surface area is 179 Å². The zero-order valence-corrected chi connectivity index (χ0v) is 16.9. The number of hydrogen-bond acceptors (Lipinski definition) is 5. The van der Waals surface area contributed by atoms with Crippen molar-refractivity contribution in [2.45, 2.75) is 0 Å². The molecule has 0 aliphatic heterocycles. The van der Waals surface area contributed by atoms with Gasteiger partial charge in [0.05, 0.1) is 28.3 Å². The fourth-order valence-electron chi connectivity index (χ4n) is 3.60. The first-order chi connectivity index (χ1) is 14.8. The molecule has 0 saturated heterocycles. The number of nitrogens with zero attached hydrogens (tertiary/aromatic N) is 5. The van der Waals surface area contributed by atoms with Crippen molar-refractivity contribution in [3.8, 4) is 22.5 Å². The Morgan fingerprint density at radius 2 is 1.87 bits per heavy atom. The molecule has 3 aromatic heterocycles. The molecule has 31 heavy (non-hydrogen) atoms. The highest BCUT2D eigenvalue weighted by Gasteiger charge is 2.21. The normalized spacial score (nSPS) is 11.5. The molecule has 5 rings (SSSR count). The molecular formula is C21H15ClFN7O. The Morgan fingerprint density at radius 3 is 2.58 bits per heavy atom. The van der Waals surface area contributed by atoms with Crippen molar-refractivity contribution < 1.29 is 9.18 Å². The maximum Gasteiger partial charge on any atom is 0.268 e. The minimum atomic E-state index is -0.697. The van der Waals surface area contributed by atoms with Crippen LogP contribution in [0.4, 0.5) is 10.2 Å². The smallest absolute Gasteiger partial charge is 0.268 e. The summed E-state index contributed by atoms with van der Waals surface area (Å²) in [5, 5.41) is 0.443. The van der Waals surface area contributed by atoms with E-state index in [1.165, 1.54) is 18.3 Å². The fourth-order valence-corrected chi connectivity index (χ4v) is 3.86. The van der Waals surface area contributed by atoms with Gasteiger partial charge in [0.25, 0.3) is 5.91 Å². The molecule has 0 unspecified atom stereocenters. The molecule has 0 spiro atoms. The predicted octanol–water partition coefficient (Wildman–Crippen LogP) is 3.42. The number of aryl methyl sites for hydroxylation is 1. The minimum Gasteiger partial charge on any atom is -0.381 e. The Kier molecular flexibility index (Phi) is 4.16. The summed E-state index contributed by atoms with van der Waals surface area (Å²) >= 11 is 6.51. The maximum absolute atomic E-state index is 13.5. The van der Waals surface area contributed by atoms with Gasteiger partial charge in [0.1, 0.15) is 17.0 Å². The number of rotatable bonds is 3. The van der Waals surface area contributed by atoms with Crippen LogP contribution >= 0.6 is 11.6 Å². The molecule has 5 aromatic rings. The van der Waals surface area contributed by atoms with E-state index in [1.54, 1.807) is 28.9 Å². The molecule has 0 aliphatic carbocycles. The number of aromatic nitrogens is 5. The standard InChI is InChI=1S/C21H15ClFN7O/c1-29-9-26-17-13(22)6-11(7-15(17)29)18-16(10-2-4-12(23)5-3-10)28-19(24)21-27-14(20(25)31)8-30(18)21/h2-9H,1H3,(H2,24,28)(H2,25,31). The van der Waals surface area contributed by atoms with Gasteiger partial charge in [-0.3, -0.25) is 9.20 Å². The summed E-state index contributed by atoms with van der Waals surface area (Å²) in [5.41, 5.74) is 15.7. The molecule has 2 aromatic carbocycles. The van der Waals surface area contributed by atoms with E-state index in [0.29, 0.717) is 33.1 Å². The van der Waals surface area contributed by atoms with Crippen LogP contribution in [-0.4, -0.2) is 29.8 Å². The van der Waals surface area contributed by atoms with Gasteiger partial charge < -0.3 is 16.0 Å². The molecule has 8 nitrogen and oxygen atoms in total. The van der Waals surface area contributed by atoms with E-state index in [-0.39, 0.29) is 23.0 Å². The lowest BCUT2D eigenvalue weighted by atomic mass is 10.0. The van der Waals surface area contributed by atoms with E-state index in [9.17, 15) is 9.18 Å². The summed E-state index contributed by atoms with van der Waals surface area (Å²) in [7, 11) is 1.86. The van der Waals surface area contributed by atoms with E-state index in [0.717, 1.165) is 5.52 Å². The molecule has 0 saturated carbocycles. The minimum absolute atomic E-state index is 0.0405. The van der Waals surface area contributed by atoms with Crippen LogP contribution in [-0.2, 0) is 7.05 Å². The molecule has 0 radical (unpaired) electrons. The van der Waals surface area contributed by atoms with Crippen molar-refractivity contribution in [1.29, 1.82) is 0 Å². The first kappa shape index (κ1) is 19.0. The van der Waals surface area contributed by atoms with Crippen LogP contribution in [0.1, 0.15) is 10.5 Å². The maximum atomic E-state index is 13.5. The predicted molar refractivity (Wildman–Crippen MR) is 116 cm³/mol. The summed E-state index contributed by atoms with van der Waals surface area (Å²) in [6.07, 6.45) is 3.17. The van der Waals surface area contributed by atoms with Gasteiger partial charge in [0.15, 0.2) is 11.5 Å². The zero-order valence-electron chi connectivity index (χ0n) is 16.2. The number of carbonyl (C=O) groups excluding carboxylic acids is 1. The first-order valence-corrected chi connectivity index (χ1v) is 9.56. The van der Waals surface area contributed by atoms with Crippen molar-refractivity contribution in [2.24, 2.45) is 12.8 Å². The number of nitrogens with two attached hydrogens (primary N) is 2. The Morgan fingerprint density at radius 1 is 1.13 bits per heavy atom. The molecule has 154 valence electrons. The van der Waals surface area contributed by atoms with Gasteiger partial charge in [-0.1, -0.05) is 11.6 Å². The quantitative estimate of drug-likeness (QED) is 0.450. The van der Waals surface area contributed by atoms with Crippen LogP contribution in [0.3, 0.4) is 0 Å². The van der Waals surface area contributed by atoms with Crippen molar-refractivity contribution in [3.63, 3.8) is 0 Å². The molecule has 0 atom stereocenters. The number of anilines is 1. The Balaban J connectivity index is 1.91. The third kappa shape index (κ3) is 2.98. The highest BCUT2D eigenvalue weighted by Crippen LogP contribution is 2.37. The molecule has 4 N–H and O–H groups in total. The molecule has 1 amide bonds. The van der Waals surface area contributed by atoms with Crippen LogP contribution in [0.5, 0.6) is 0 Å². The first-order valence-electron chi connectivity index (χ1n) is 9.18. The van der Waals surface area contributed by atoms with Crippen molar-refractivity contribution >= 4 is 40.0 Å². The third-order valence-electron chi connectivity index (χ3n) is 5.06. The monoisotopic (exact) mass is 435 g/mol. The number of carbonyl (C=O) groups is 1. The molecule has 0 bridgehead atoms. The average Bonchev–Trinajstić information content (AvgIpc) is 3.34. The lowest BCUT2D eigenvalue weighted by Gasteiger charge is -2.14. The number of amides is 1. The molecule has 0 aliphatic rings. The summed E-state index contributed by atoms with van der Waals surface area (Å²) in [6, 6.07) is 9.52. The van der Waals surface area contributed by atoms with Crippen LogP contribution in [0.25, 0.3) is 39.2 Å². The van der Waals surface area contributed by atoms with E-state index in [1.807, 2.05) is 17.7 Å². The van der Waals surface area contributed by atoms with E-state index in [4.69, 9.17) is 23.1 Å². The van der Waals surface area contributed by atoms with Crippen molar-refractivity contribution in [2.75, 3.05) is 5.73 Å². The summed E-state index contributed by atoms with van der Waals surface area (Å²) < 4.78 is 17.0. The van der Waals surface area contributed by atoms with Gasteiger partial charge in [-0.05, 0) is 36.4 Å². The third-order valence-corrected chi connectivity index (χ3v) is 5.35. The number of imidazole rings is 2. The fraction of sp³-hybridized carbons (Fsp3) is 0.0476. The summed E-state index contributed by atoms with van der Waals surface area (Å²) in [6.45, 7) is 0. The number of primary amides is 1. The number of hydrogen-bond donors (Lipinski definition) is 2. The Bertz CT molecular complexity index is 1500. The van der Waals surface area contributed by atoms with Crippen LogP contribution in [0.2, 0.25) is 5.02 Å². The lowest BCUT2D eigenvalue weighted by Crippen LogP contribution is -2.10. The average molecular weight is 436 g/mol. The topological polar surface area (TPSA) is 117 Å². The van der Waals surface area contributed by atoms with Crippen LogP contribution in [0.15, 0.2) is 48.9 Å². The van der Waals surface area contributed by atoms with Gasteiger partial charge in [-0.15, -0.1) is 0 Å². The zero-order chi connectivity index (χ0) is 21.9. The van der Waals surface area contributed by atoms with Gasteiger partial charge in [-0.25, -0.2) is 19.3 Å². The number of halogens is 2. The van der Waals surface area contributed by atoms with Crippen LogP contribution in [0, 0.1) is 5.82 Å². The molecule has 10 heteroatoms. The second-order valence-corrected chi connectivity index (χ2v) is 7.47. The van der Waals surface area contributed by atoms with E-state index < -0.39 is 5.91 Å². The molecule has 3 heterocycles. The van der Waals surface area contributed by atoms with Gasteiger partial charge in [-0.2, -0.15) is 0 Å². The van der Waals surface area contributed by atoms with E-state index >= 15 is 0 Å². The van der Waals surface area contributed by atoms with Crippen LogP contribution < -0.4 is 11.5 Å². The van der Waals surface area contributed by atoms with Gasteiger partial charge in [0, 0.05) is 24.4 Å². The van der Waals surface area contributed by atoms with Gasteiger partial charge in [0.2, 0.25) is 0 Å². The number of nitrogen functional groups attached to an aromatic ring is 1. The summed E-state index contributed by atoms with van der Waals surface area (Å²) in [4.78, 5) is 24.8. The van der Waals surface area contributed by atoms with Crippen molar-refractivity contribution in [3.05, 3.63) is 65.5 Å². The largest absolute Gasteiger partial charge is 0.381 e. The second kappa shape index (κ2) is 6.78. The molecule has 0 fully saturated rings. The lowest BCUT2D eigenvalue weighted by molar-refractivity contribution is 0.0996.